The monoisotopic (exact) mass is 438 g/mol. The molecule has 1 unspecified atom stereocenters. The number of rotatable bonds is 6. The number of pyridine rings is 1. The zero-order valence-corrected chi connectivity index (χ0v) is 19.6. The van der Waals surface area contributed by atoms with E-state index in [1.165, 1.54) is 11.8 Å². The van der Waals surface area contributed by atoms with E-state index in [1.807, 2.05) is 52.8 Å². The summed E-state index contributed by atoms with van der Waals surface area (Å²) in [6, 6.07) is 10.2. The maximum atomic E-state index is 13.0. The predicted molar refractivity (Wildman–Crippen MR) is 126 cm³/mol. The molecule has 0 saturated carbocycles. The molecule has 1 atom stereocenters. The van der Waals surface area contributed by atoms with Crippen molar-refractivity contribution in [3.63, 3.8) is 0 Å². The molecule has 2 N–H and O–H groups in total. The lowest BCUT2D eigenvalue weighted by Gasteiger charge is -2.22. The molecule has 1 aliphatic rings. The van der Waals surface area contributed by atoms with Crippen LogP contribution >= 0.6 is 0 Å². The number of hydrogen-bond acceptors (Lipinski definition) is 4. The summed E-state index contributed by atoms with van der Waals surface area (Å²) < 4.78 is 1.74. The summed E-state index contributed by atoms with van der Waals surface area (Å²) in [5.41, 5.74) is 0.188. The van der Waals surface area contributed by atoms with Gasteiger partial charge < -0.3 is 15.2 Å². The lowest BCUT2D eigenvalue weighted by molar-refractivity contribution is 0.0917. The minimum Gasteiger partial charge on any atom is -0.350 e. The Morgan fingerprint density at radius 2 is 1.69 bits per heavy atom. The van der Waals surface area contributed by atoms with Gasteiger partial charge in [0.15, 0.2) is 0 Å². The van der Waals surface area contributed by atoms with E-state index in [-0.39, 0.29) is 23.2 Å². The number of nitrogens with zero attached hydrogens (tertiary/aromatic N) is 2. The van der Waals surface area contributed by atoms with E-state index >= 15 is 0 Å². The number of aromatic nitrogens is 1. The van der Waals surface area contributed by atoms with Crippen molar-refractivity contribution in [1.82, 2.24) is 20.1 Å². The second-order valence-corrected chi connectivity index (χ2v) is 9.84. The predicted octanol–water partition coefficient (Wildman–Crippen LogP) is 2.96. The van der Waals surface area contributed by atoms with Crippen molar-refractivity contribution in [3.8, 4) is 0 Å². The van der Waals surface area contributed by atoms with Gasteiger partial charge in [-0.25, -0.2) is 0 Å². The van der Waals surface area contributed by atoms with Crippen molar-refractivity contribution in [2.24, 2.45) is 0 Å². The third kappa shape index (κ3) is 6.07. The third-order valence-electron chi connectivity index (χ3n) is 5.48. The Bertz CT molecular complexity index is 1020. The van der Waals surface area contributed by atoms with Gasteiger partial charge in [0.2, 0.25) is 5.43 Å². The van der Waals surface area contributed by atoms with Gasteiger partial charge in [0, 0.05) is 49.7 Å². The Balaban J connectivity index is 1.76. The first kappa shape index (κ1) is 23.7. The molecule has 2 aromatic rings. The SMILES string of the molecule is CC(C)n1cc(C(=O)NC2CCN(Cc3ccccc3)C2)c(=O)c(C(=O)NC(C)(C)C)c1. The number of benzene rings is 1. The fraction of sp³-hybridized carbons (Fsp3) is 0.480. The van der Waals surface area contributed by atoms with Gasteiger partial charge in [0.05, 0.1) is 0 Å². The van der Waals surface area contributed by atoms with Crippen LogP contribution in [0.25, 0.3) is 0 Å². The molecular formula is C25H34N4O3. The van der Waals surface area contributed by atoms with Gasteiger partial charge in [0.1, 0.15) is 11.1 Å². The average molecular weight is 439 g/mol. The molecule has 2 heterocycles. The van der Waals surface area contributed by atoms with E-state index in [4.69, 9.17) is 0 Å². The first-order chi connectivity index (χ1) is 15.0. The van der Waals surface area contributed by atoms with Gasteiger partial charge >= 0.3 is 0 Å². The van der Waals surface area contributed by atoms with Gasteiger partial charge in [-0.2, -0.15) is 0 Å². The fourth-order valence-corrected chi connectivity index (χ4v) is 3.83. The molecule has 0 aliphatic carbocycles. The number of hydrogen-bond donors (Lipinski definition) is 2. The van der Waals surface area contributed by atoms with Crippen molar-refractivity contribution in [2.75, 3.05) is 13.1 Å². The summed E-state index contributed by atoms with van der Waals surface area (Å²) >= 11 is 0. The van der Waals surface area contributed by atoms with E-state index < -0.39 is 22.8 Å². The number of amides is 2. The van der Waals surface area contributed by atoms with Crippen LogP contribution in [0.15, 0.2) is 47.5 Å². The zero-order valence-electron chi connectivity index (χ0n) is 19.6. The summed E-state index contributed by atoms with van der Waals surface area (Å²) in [6.45, 7) is 11.9. The van der Waals surface area contributed by atoms with Crippen LogP contribution in [0.3, 0.4) is 0 Å². The van der Waals surface area contributed by atoms with Crippen LogP contribution in [0.4, 0.5) is 0 Å². The van der Waals surface area contributed by atoms with Gasteiger partial charge in [0.25, 0.3) is 11.8 Å². The first-order valence-electron chi connectivity index (χ1n) is 11.2. The highest BCUT2D eigenvalue weighted by molar-refractivity contribution is 5.99. The molecule has 1 aromatic heterocycles. The summed E-state index contributed by atoms with van der Waals surface area (Å²) in [4.78, 5) is 41.1. The van der Waals surface area contributed by atoms with Gasteiger partial charge in [-0.3, -0.25) is 19.3 Å². The standard InChI is InChI=1S/C25H34N4O3/c1-17(2)29-15-20(22(30)21(16-29)24(32)27-25(3,4)5)23(31)26-19-11-12-28(14-19)13-18-9-7-6-8-10-18/h6-10,15-17,19H,11-14H2,1-5H3,(H,26,31)(H,27,32). The second kappa shape index (κ2) is 9.69. The van der Waals surface area contributed by atoms with Crippen LogP contribution in [0.2, 0.25) is 0 Å². The maximum absolute atomic E-state index is 13.0. The lowest BCUT2D eigenvalue weighted by Crippen LogP contribution is -2.44. The summed E-state index contributed by atoms with van der Waals surface area (Å²) in [6.07, 6.45) is 3.90. The molecule has 7 heteroatoms. The van der Waals surface area contributed by atoms with Gasteiger partial charge in [-0.1, -0.05) is 30.3 Å². The van der Waals surface area contributed by atoms with Gasteiger partial charge in [-0.05, 0) is 46.6 Å². The van der Waals surface area contributed by atoms with Crippen molar-refractivity contribution in [2.45, 2.75) is 65.2 Å². The number of nitrogens with one attached hydrogen (secondary N) is 2. The highest BCUT2D eigenvalue weighted by Crippen LogP contribution is 2.14. The van der Waals surface area contributed by atoms with Crippen LogP contribution in [0, 0.1) is 0 Å². The number of carbonyl (C=O) groups is 2. The Hall–Kier alpha value is -2.93. The average Bonchev–Trinajstić information content (AvgIpc) is 3.13. The van der Waals surface area contributed by atoms with E-state index in [2.05, 4.69) is 27.7 Å². The van der Waals surface area contributed by atoms with Crippen LogP contribution in [-0.4, -0.2) is 46.0 Å². The zero-order chi connectivity index (χ0) is 23.5. The lowest BCUT2D eigenvalue weighted by atomic mass is 10.1. The number of carbonyl (C=O) groups excluding carboxylic acids is 2. The highest BCUT2D eigenvalue weighted by Gasteiger charge is 2.27. The Morgan fingerprint density at radius 1 is 1.06 bits per heavy atom. The fourth-order valence-electron chi connectivity index (χ4n) is 3.83. The molecule has 1 fully saturated rings. The summed E-state index contributed by atoms with van der Waals surface area (Å²) in [7, 11) is 0. The van der Waals surface area contributed by atoms with E-state index in [9.17, 15) is 14.4 Å². The Kier molecular flexibility index (Phi) is 7.19. The minimum absolute atomic E-state index is 0.00164. The molecule has 0 bridgehead atoms. The molecule has 2 amide bonds. The van der Waals surface area contributed by atoms with Gasteiger partial charge in [-0.15, -0.1) is 0 Å². The molecule has 1 saturated heterocycles. The molecule has 0 spiro atoms. The maximum Gasteiger partial charge on any atom is 0.257 e. The highest BCUT2D eigenvalue weighted by atomic mass is 16.2. The molecule has 1 aromatic carbocycles. The second-order valence-electron chi connectivity index (χ2n) is 9.84. The van der Waals surface area contributed by atoms with E-state index in [0.29, 0.717) is 0 Å². The van der Waals surface area contributed by atoms with Crippen LogP contribution in [-0.2, 0) is 6.54 Å². The summed E-state index contributed by atoms with van der Waals surface area (Å²) in [5, 5.41) is 5.83. The third-order valence-corrected chi connectivity index (χ3v) is 5.48. The quantitative estimate of drug-likeness (QED) is 0.726. The Labute approximate surface area is 189 Å². The normalized spacial score (nSPS) is 16.9. The molecule has 1 aliphatic heterocycles. The van der Waals surface area contributed by atoms with Crippen LogP contribution in [0.1, 0.15) is 73.4 Å². The smallest absolute Gasteiger partial charge is 0.257 e. The number of likely N-dealkylation sites (tertiary alicyclic amines) is 1. The minimum atomic E-state index is -0.541. The van der Waals surface area contributed by atoms with Crippen LogP contribution < -0.4 is 16.1 Å². The molecular weight excluding hydrogens is 404 g/mol. The van der Waals surface area contributed by atoms with Crippen molar-refractivity contribution >= 4 is 11.8 Å². The van der Waals surface area contributed by atoms with Crippen LogP contribution in [0.5, 0.6) is 0 Å². The molecule has 32 heavy (non-hydrogen) atoms. The Morgan fingerprint density at radius 3 is 2.28 bits per heavy atom. The van der Waals surface area contributed by atoms with Crippen molar-refractivity contribution in [3.05, 3.63) is 69.6 Å². The molecule has 172 valence electrons. The molecule has 3 rings (SSSR count). The summed E-state index contributed by atoms with van der Waals surface area (Å²) in [5.74, 6) is -0.900. The molecule has 7 nitrogen and oxygen atoms in total. The van der Waals surface area contributed by atoms with E-state index in [0.717, 1.165) is 26.1 Å². The van der Waals surface area contributed by atoms with Crippen molar-refractivity contribution in [1.29, 1.82) is 0 Å². The topological polar surface area (TPSA) is 83.4 Å². The first-order valence-corrected chi connectivity index (χ1v) is 11.2. The van der Waals surface area contributed by atoms with E-state index in [1.54, 1.807) is 10.8 Å². The van der Waals surface area contributed by atoms with Crippen molar-refractivity contribution < 1.29 is 9.59 Å². The largest absolute Gasteiger partial charge is 0.350 e. The molecule has 0 radical (unpaired) electrons.